The van der Waals surface area contributed by atoms with Crippen LogP contribution in [-0.4, -0.2) is 55.1 Å². The molecule has 4 rings (SSSR count). The van der Waals surface area contributed by atoms with Crippen LogP contribution in [0.5, 0.6) is 5.75 Å². The number of rotatable bonds is 11. The minimum absolute atomic E-state index is 0.210. The Morgan fingerprint density at radius 3 is 2.72 bits per heavy atom. The number of sulfone groups is 1. The van der Waals surface area contributed by atoms with E-state index in [1.165, 1.54) is 0 Å². The highest BCUT2D eigenvalue weighted by atomic mass is 32.2. The lowest BCUT2D eigenvalue weighted by atomic mass is 9.91. The van der Waals surface area contributed by atoms with Crippen molar-refractivity contribution in [1.82, 2.24) is 15.1 Å². The van der Waals surface area contributed by atoms with E-state index >= 15 is 0 Å². The van der Waals surface area contributed by atoms with Crippen molar-refractivity contribution in [2.24, 2.45) is 5.92 Å². The molecule has 196 valence electrons. The number of aryl methyl sites for hydroxylation is 2. The lowest BCUT2D eigenvalue weighted by molar-refractivity contribution is -0.113. The van der Waals surface area contributed by atoms with E-state index in [4.69, 9.17) is 4.74 Å². The van der Waals surface area contributed by atoms with Gasteiger partial charge in [-0.1, -0.05) is 25.8 Å². The van der Waals surface area contributed by atoms with Crippen LogP contribution in [-0.2, 0) is 34.0 Å². The van der Waals surface area contributed by atoms with E-state index in [1.54, 1.807) is 22.9 Å². The van der Waals surface area contributed by atoms with E-state index in [1.807, 2.05) is 6.92 Å². The first-order valence-electron chi connectivity index (χ1n) is 12.0. The predicted octanol–water partition coefficient (Wildman–Crippen LogP) is 2.90. The molecule has 0 bridgehead atoms. The Morgan fingerprint density at radius 1 is 1.33 bits per heavy atom. The molecule has 1 aromatic heterocycles. The van der Waals surface area contributed by atoms with Crippen LogP contribution >= 0.6 is 0 Å². The Bertz CT molecular complexity index is 1260. The monoisotopic (exact) mass is 524 g/mol. The Morgan fingerprint density at radius 2 is 2.08 bits per heavy atom. The molecular formula is C24H30F2N4O5S. The normalized spacial score (nSPS) is 17.6. The fraction of sp³-hybridized carbons (Fsp3) is 0.542. The number of anilines is 1. The van der Waals surface area contributed by atoms with Crippen LogP contribution < -0.4 is 15.4 Å². The first-order valence-corrected chi connectivity index (χ1v) is 14.0. The fourth-order valence-corrected chi connectivity index (χ4v) is 4.99. The molecule has 2 aromatic rings. The number of alkyl halides is 2. The predicted molar refractivity (Wildman–Crippen MR) is 129 cm³/mol. The van der Waals surface area contributed by atoms with E-state index in [0.29, 0.717) is 36.7 Å². The SMILES string of the molecule is CCc1cc(OCC(F)F)ccc1[C@H]1Cc2nn(CCC3CC3)c(NC(=O)CS(C)(=O)=O)c2C(=O)N1. The van der Waals surface area contributed by atoms with Gasteiger partial charge < -0.3 is 15.4 Å². The fourth-order valence-electron chi connectivity index (χ4n) is 4.44. The molecule has 0 saturated heterocycles. The zero-order valence-corrected chi connectivity index (χ0v) is 21.0. The summed E-state index contributed by atoms with van der Waals surface area (Å²) in [7, 11) is -3.55. The third-order valence-electron chi connectivity index (χ3n) is 6.30. The van der Waals surface area contributed by atoms with Gasteiger partial charge in [0, 0.05) is 19.2 Å². The molecule has 1 atom stereocenters. The smallest absolute Gasteiger partial charge is 0.272 e. The number of fused-ring (bicyclic) bond motifs is 1. The van der Waals surface area contributed by atoms with Crippen molar-refractivity contribution < 1.29 is 31.5 Å². The number of nitrogens with zero attached hydrogens (tertiary/aromatic N) is 2. The first-order chi connectivity index (χ1) is 17.0. The molecule has 1 aromatic carbocycles. The van der Waals surface area contributed by atoms with Crippen LogP contribution in [0.4, 0.5) is 14.6 Å². The van der Waals surface area contributed by atoms with Crippen molar-refractivity contribution in [3.05, 3.63) is 40.6 Å². The lowest BCUT2D eigenvalue weighted by Crippen LogP contribution is -2.36. The molecule has 1 saturated carbocycles. The third kappa shape index (κ3) is 6.40. The maximum atomic E-state index is 13.2. The quantitative estimate of drug-likeness (QED) is 0.467. The molecule has 1 fully saturated rings. The number of nitrogens with one attached hydrogen (secondary N) is 2. The second-order valence-corrected chi connectivity index (χ2v) is 11.5. The summed E-state index contributed by atoms with van der Waals surface area (Å²) in [5.74, 6) is -0.713. The molecule has 0 spiro atoms. The maximum Gasteiger partial charge on any atom is 0.272 e. The second-order valence-electron chi connectivity index (χ2n) is 9.39. The van der Waals surface area contributed by atoms with Crippen LogP contribution in [0, 0.1) is 5.92 Å². The van der Waals surface area contributed by atoms with Gasteiger partial charge in [0.25, 0.3) is 12.3 Å². The number of carbonyl (C=O) groups excluding carboxylic acids is 2. The van der Waals surface area contributed by atoms with Crippen LogP contribution in [0.3, 0.4) is 0 Å². The summed E-state index contributed by atoms with van der Waals surface area (Å²) in [4.78, 5) is 25.6. The van der Waals surface area contributed by atoms with Crippen molar-refractivity contribution in [3.8, 4) is 5.75 Å². The highest BCUT2D eigenvalue weighted by molar-refractivity contribution is 7.91. The molecule has 1 aliphatic carbocycles. The maximum absolute atomic E-state index is 13.2. The molecule has 0 radical (unpaired) electrons. The van der Waals surface area contributed by atoms with Gasteiger partial charge in [-0.2, -0.15) is 5.10 Å². The van der Waals surface area contributed by atoms with Crippen LogP contribution in [0.15, 0.2) is 18.2 Å². The van der Waals surface area contributed by atoms with Gasteiger partial charge in [0.2, 0.25) is 5.91 Å². The van der Waals surface area contributed by atoms with Gasteiger partial charge in [-0.25, -0.2) is 21.9 Å². The van der Waals surface area contributed by atoms with E-state index in [2.05, 4.69) is 15.7 Å². The summed E-state index contributed by atoms with van der Waals surface area (Å²) >= 11 is 0. The van der Waals surface area contributed by atoms with Crippen molar-refractivity contribution in [2.45, 2.75) is 58.0 Å². The average Bonchev–Trinajstić information content (AvgIpc) is 3.56. The summed E-state index contributed by atoms with van der Waals surface area (Å²) in [6, 6.07) is 4.65. The zero-order valence-electron chi connectivity index (χ0n) is 20.2. The Balaban J connectivity index is 1.61. The van der Waals surface area contributed by atoms with Gasteiger partial charge in [-0.05, 0) is 42.0 Å². The number of amides is 2. The second kappa shape index (κ2) is 10.5. The Labute approximate surface area is 208 Å². The summed E-state index contributed by atoms with van der Waals surface area (Å²) in [6.07, 6.45) is 2.47. The summed E-state index contributed by atoms with van der Waals surface area (Å²) in [6.45, 7) is 1.73. The Kier molecular flexibility index (Phi) is 7.62. The molecule has 0 unspecified atom stereocenters. The Hall–Kier alpha value is -3.02. The molecule has 9 nitrogen and oxygen atoms in total. The number of carbonyl (C=O) groups is 2. The molecule has 2 aliphatic rings. The molecular weight excluding hydrogens is 494 g/mol. The van der Waals surface area contributed by atoms with Crippen molar-refractivity contribution in [3.63, 3.8) is 0 Å². The molecule has 2 amide bonds. The molecule has 2 heterocycles. The number of halogens is 2. The largest absolute Gasteiger partial charge is 0.488 e. The number of hydrogen-bond acceptors (Lipinski definition) is 6. The summed E-state index contributed by atoms with van der Waals surface area (Å²) in [5, 5.41) is 10.2. The minimum Gasteiger partial charge on any atom is -0.488 e. The van der Waals surface area contributed by atoms with Gasteiger partial charge in [0.1, 0.15) is 29.5 Å². The number of hydrogen-bond donors (Lipinski definition) is 2. The van der Waals surface area contributed by atoms with Crippen molar-refractivity contribution in [2.75, 3.05) is 23.9 Å². The standard InChI is InChI=1S/C24H30F2N4O5S/c1-3-15-10-16(35-12-20(25)26)6-7-17(15)18-11-19-22(24(32)27-18)23(28-21(31)13-36(2,33)34)30(29-19)9-8-14-4-5-14/h6-7,10,14,18,20H,3-5,8-9,11-13H2,1-2H3,(H,27,32)(H,28,31)/t18-/m1/s1. The van der Waals surface area contributed by atoms with Gasteiger partial charge in [0.15, 0.2) is 9.84 Å². The van der Waals surface area contributed by atoms with E-state index in [0.717, 1.165) is 36.6 Å². The average molecular weight is 525 g/mol. The minimum atomic E-state index is -3.55. The highest BCUT2D eigenvalue weighted by Gasteiger charge is 2.34. The van der Waals surface area contributed by atoms with Crippen LogP contribution in [0.1, 0.15) is 59.4 Å². The molecule has 36 heavy (non-hydrogen) atoms. The first kappa shape index (κ1) is 26.1. The van der Waals surface area contributed by atoms with E-state index in [9.17, 15) is 26.8 Å². The molecule has 2 N–H and O–H groups in total. The van der Waals surface area contributed by atoms with Gasteiger partial charge in [-0.3, -0.25) is 9.59 Å². The molecule has 12 heteroatoms. The van der Waals surface area contributed by atoms with Crippen molar-refractivity contribution in [1.29, 1.82) is 0 Å². The lowest BCUT2D eigenvalue weighted by Gasteiger charge is -2.26. The summed E-state index contributed by atoms with van der Waals surface area (Å²) in [5.41, 5.74) is 2.43. The highest BCUT2D eigenvalue weighted by Crippen LogP contribution is 2.36. The van der Waals surface area contributed by atoms with Crippen LogP contribution in [0.2, 0.25) is 0 Å². The van der Waals surface area contributed by atoms with Gasteiger partial charge in [0.05, 0.1) is 11.7 Å². The zero-order chi connectivity index (χ0) is 26.0. The number of aromatic nitrogens is 2. The van der Waals surface area contributed by atoms with Crippen molar-refractivity contribution >= 4 is 27.5 Å². The number of benzene rings is 1. The topological polar surface area (TPSA) is 119 Å². The van der Waals surface area contributed by atoms with Gasteiger partial charge in [-0.15, -0.1) is 0 Å². The van der Waals surface area contributed by atoms with E-state index in [-0.39, 0.29) is 11.4 Å². The molecule has 1 aliphatic heterocycles. The van der Waals surface area contributed by atoms with Crippen LogP contribution in [0.25, 0.3) is 0 Å². The number of ether oxygens (including phenoxy) is 1. The third-order valence-corrected chi connectivity index (χ3v) is 7.09. The van der Waals surface area contributed by atoms with Gasteiger partial charge >= 0.3 is 0 Å². The van der Waals surface area contributed by atoms with E-state index < -0.39 is 46.5 Å². The summed E-state index contributed by atoms with van der Waals surface area (Å²) < 4.78 is 54.9.